The fraction of sp³-hybridized carbons (Fsp3) is 0.481. The summed E-state index contributed by atoms with van der Waals surface area (Å²) in [4.78, 5) is 36.1. The second-order valence-electron chi connectivity index (χ2n) is 17.6. The molecule has 9 heteroatoms. The smallest absolute Gasteiger partial charge is 0.238 e. The summed E-state index contributed by atoms with van der Waals surface area (Å²) in [6.07, 6.45) is 8.01. The zero-order valence-corrected chi connectivity index (χ0v) is 36.3. The fourth-order valence-electron chi connectivity index (χ4n) is 10.7. The molecular formula is C52H66N6O3. The molecule has 0 aliphatic carbocycles. The highest BCUT2D eigenvalue weighted by Gasteiger charge is 2.50. The number of hydrogen-bond donors (Lipinski definition) is 1. The van der Waals surface area contributed by atoms with Gasteiger partial charge in [0.2, 0.25) is 11.8 Å². The van der Waals surface area contributed by atoms with E-state index in [4.69, 9.17) is 10.5 Å². The maximum atomic E-state index is 14.2. The van der Waals surface area contributed by atoms with Crippen molar-refractivity contribution in [2.75, 3.05) is 78.7 Å². The first-order valence-corrected chi connectivity index (χ1v) is 22.8. The summed E-state index contributed by atoms with van der Waals surface area (Å²) in [7, 11) is 0. The lowest BCUT2D eigenvalue weighted by Gasteiger charge is -2.48. The van der Waals surface area contributed by atoms with Crippen LogP contribution in [0, 0.1) is 17.2 Å². The molecule has 4 aliphatic heterocycles. The Morgan fingerprint density at radius 1 is 0.656 bits per heavy atom. The van der Waals surface area contributed by atoms with E-state index in [1.54, 1.807) is 0 Å². The zero-order chi connectivity index (χ0) is 42.5. The van der Waals surface area contributed by atoms with Gasteiger partial charge in [-0.1, -0.05) is 135 Å². The van der Waals surface area contributed by atoms with Crippen molar-refractivity contribution in [2.45, 2.75) is 74.7 Å². The molecule has 8 rings (SSSR count). The van der Waals surface area contributed by atoms with Gasteiger partial charge >= 0.3 is 0 Å². The molecule has 0 aromatic heterocycles. The lowest BCUT2D eigenvalue weighted by molar-refractivity contribution is -0.137. The van der Waals surface area contributed by atoms with Crippen molar-refractivity contribution in [1.29, 1.82) is 5.26 Å². The Kier molecular flexibility index (Phi) is 15.1. The molecule has 4 heterocycles. The minimum absolute atomic E-state index is 0.137. The average Bonchev–Trinajstić information content (AvgIpc) is 3.88. The second kappa shape index (κ2) is 20.8. The maximum Gasteiger partial charge on any atom is 0.238 e. The van der Waals surface area contributed by atoms with Crippen molar-refractivity contribution < 1.29 is 14.3 Å². The van der Waals surface area contributed by atoms with Crippen molar-refractivity contribution in [3.05, 3.63) is 144 Å². The van der Waals surface area contributed by atoms with Crippen LogP contribution in [0.2, 0.25) is 0 Å². The Morgan fingerprint density at radius 3 is 1.57 bits per heavy atom. The molecule has 4 aromatic carbocycles. The van der Waals surface area contributed by atoms with Crippen LogP contribution >= 0.6 is 0 Å². The number of nitrogens with two attached hydrogens (primary N) is 1. The Morgan fingerprint density at radius 2 is 1.11 bits per heavy atom. The normalized spacial score (nSPS) is 19.6. The van der Waals surface area contributed by atoms with E-state index in [0.717, 1.165) is 139 Å². The third-order valence-electron chi connectivity index (χ3n) is 14.2. The van der Waals surface area contributed by atoms with Crippen LogP contribution in [0.15, 0.2) is 121 Å². The molecule has 0 radical (unpaired) electrons. The van der Waals surface area contributed by atoms with Crippen LogP contribution < -0.4 is 5.73 Å². The van der Waals surface area contributed by atoms with Gasteiger partial charge in [0.05, 0.1) is 19.3 Å². The Hall–Kier alpha value is -4.85. The first-order chi connectivity index (χ1) is 29.8. The molecule has 4 aliphatic rings. The molecule has 61 heavy (non-hydrogen) atoms. The van der Waals surface area contributed by atoms with Gasteiger partial charge in [0.1, 0.15) is 16.4 Å². The number of amides is 2. The molecule has 0 unspecified atom stereocenters. The van der Waals surface area contributed by atoms with Crippen LogP contribution in [-0.4, -0.2) is 116 Å². The predicted molar refractivity (Wildman–Crippen MR) is 243 cm³/mol. The predicted octanol–water partition coefficient (Wildman–Crippen LogP) is 7.26. The number of nitrogens with zero attached hydrogens (tertiary/aromatic N) is 5. The molecule has 0 bridgehead atoms. The number of primary amides is 1. The van der Waals surface area contributed by atoms with Crippen molar-refractivity contribution in [1.82, 2.24) is 19.6 Å². The van der Waals surface area contributed by atoms with E-state index < -0.39 is 16.4 Å². The molecule has 4 aromatic rings. The van der Waals surface area contributed by atoms with Crippen LogP contribution in [0.25, 0.3) is 0 Å². The van der Waals surface area contributed by atoms with Gasteiger partial charge in [0.25, 0.3) is 0 Å². The van der Waals surface area contributed by atoms with Gasteiger partial charge in [-0.15, -0.1) is 0 Å². The fourth-order valence-corrected chi connectivity index (χ4v) is 10.7. The monoisotopic (exact) mass is 823 g/mol. The highest BCUT2D eigenvalue weighted by Crippen LogP contribution is 2.43. The Bertz CT molecular complexity index is 1920. The van der Waals surface area contributed by atoms with E-state index in [1.165, 1.54) is 6.42 Å². The zero-order valence-electron chi connectivity index (χ0n) is 36.3. The van der Waals surface area contributed by atoms with Gasteiger partial charge in [-0.25, -0.2) is 0 Å². The molecular weight excluding hydrogens is 757 g/mol. The third-order valence-corrected chi connectivity index (χ3v) is 14.2. The number of rotatable bonds is 13. The van der Waals surface area contributed by atoms with Crippen molar-refractivity contribution in [3.63, 3.8) is 0 Å². The molecule has 0 saturated carbocycles. The van der Waals surface area contributed by atoms with E-state index in [9.17, 15) is 14.9 Å². The average molecular weight is 823 g/mol. The van der Waals surface area contributed by atoms with E-state index in [0.29, 0.717) is 6.42 Å². The minimum Gasteiger partial charge on any atom is -0.379 e. The Balaban J connectivity index is 0.000000185. The van der Waals surface area contributed by atoms with Crippen LogP contribution in [0.1, 0.15) is 80.5 Å². The van der Waals surface area contributed by atoms with Crippen molar-refractivity contribution in [2.24, 2.45) is 11.7 Å². The number of likely N-dealkylation sites (tertiary alicyclic amines) is 3. The van der Waals surface area contributed by atoms with Gasteiger partial charge < -0.3 is 20.3 Å². The first kappa shape index (κ1) is 44.2. The quantitative estimate of drug-likeness (QED) is 0.152. The molecule has 0 spiro atoms. The molecule has 4 fully saturated rings. The van der Waals surface area contributed by atoms with Gasteiger partial charge in [-0.05, 0) is 86.2 Å². The molecule has 2 N–H and O–H groups in total. The summed E-state index contributed by atoms with van der Waals surface area (Å²) in [6.45, 7) is 12.7. The van der Waals surface area contributed by atoms with E-state index in [-0.39, 0.29) is 17.7 Å². The van der Waals surface area contributed by atoms with Crippen molar-refractivity contribution >= 4 is 11.8 Å². The summed E-state index contributed by atoms with van der Waals surface area (Å²) in [5.74, 6) is 0.227. The lowest BCUT2D eigenvalue weighted by atomic mass is 9.65. The van der Waals surface area contributed by atoms with E-state index in [2.05, 4.69) is 105 Å². The van der Waals surface area contributed by atoms with E-state index >= 15 is 0 Å². The summed E-state index contributed by atoms with van der Waals surface area (Å²) < 4.78 is 5.55. The molecule has 1 atom stereocenters. The number of ether oxygens (including phenoxy) is 1. The molecule has 9 nitrogen and oxygen atoms in total. The number of morpholine rings is 1. The summed E-state index contributed by atoms with van der Waals surface area (Å²) in [6, 6.07) is 43.7. The van der Waals surface area contributed by atoms with Crippen LogP contribution in [0.4, 0.5) is 0 Å². The maximum absolute atomic E-state index is 14.2. The topological polar surface area (TPSA) is 106 Å². The number of nitriles is 1. The van der Waals surface area contributed by atoms with Gasteiger partial charge in [-0.3, -0.25) is 19.4 Å². The molecule has 322 valence electrons. The number of piperidine rings is 2. The number of hydrogen-bond acceptors (Lipinski definition) is 7. The van der Waals surface area contributed by atoms with Crippen molar-refractivity contribution in [3.8, 4) is 6.07 Å². The molecule has 4 saturated heterocycles. The highest BCUT2D eigenvalue weighted by atomic mass is 16.5. The third kappa shape index (κ3) is 9.64. The van der Waals surface area contributed by atoms with Crippen LogP contribution in [0.3, 0.4) is 0 Å². The molecule has 2 amide bonds. The second-order valence-corrected chi connectivity index (χ2v) is 17.6. The number of carbonyl (C=O) groups is 2. The largest absolute Gasteiger partial charge is 0.379 e. The first-order valence-electron chi connectivity index (χ1n) is 22.8. The van der Waals surface area contributed by atoms with Gasteiger partial charge in [0.15, 0.2) is 0 Å². The highest BCUT2D eigenvalue weighted by molar-refractivity contribution is 5.93. The Labute approximate surface area is 364 Å². The number of carbonyl (C=O) groups excluding carboxylic acids is 2. The minimum atomic E-state index is -0.687. The van der Waals surface area contributed by atoms with Gasteiger partial charge in [-0.2, -0.15) is 5.26 Å². The summed E-state index contributed by atoms with van der Waals surface area (Å²) in [5, 5.41) is 10.4. The van der Waals surface area contributed by atoms with Crippen LogP contribution in [-0.2, 0) is 25.2 Å². The SMILES string of the molecule is C[C@H](CN1CCOCC1)C(C(=O)N1CCCC1)(c1ccccc1)c1ccccc1.N#CC(CCN1CCC(C(N)=O)(N2CCCCC2)CC1)(c1ccccc1)c1ccccc1. The standard InChI is InChI=1S/C27H34N4O.C25H32N2O2/c28-22-26(23-10-4-1-5-11-23,24-12-6-2-7-13-24)14-19-30-20-15-27(16-21-30,25(29)32)31-17-8-3-9-18-31;1-21(20-26-16-18-29-19-17-26)25(22-10-4-2-5-11-22,23-12-6-3-7-13-23)24(28)27-14-8-9-15-27/h1-2,4-7,10-13H,3,8-9,14-21H2,(H2,29,32);2-7,10-13,21H,8-9,14-20H2,1H3/t;21-/m.1/s1. The van der Waals surface area contributed by atoms with Gasteiger partial charge in [0, 0.05) is 52.4 Å². The summed E-state index contributed by atoms with van der Waals surface area (Å²) in [5.41, 5.74) is 8.36. The summed E-state index contributed by atoms with van der Waals surface area (Å²) >= 11 is 0. The van der Waals surface area contributed by atoms with Crippen LogP contribution in [0.5, 0.6) is 0 Å². The lowest BCUT2D eigenvalue weighted by Crippen LogP contribution is -2.63. The number of benzene rings is 4. The van der Waals surface area contributed by atoms with E-state index in [1.807, 2.05) is 48.5 Å².